The molecule has 4 rings (SSSR count). The topological polar surface area (TPSA) is 68.2 Å². The molecule has 0 aliphatic carbocycles. The average molecular weight is 375 g/mol. The Kier molecular flexibility index (Phi) is 4.63. The number of hydrogen-bond donors (Lipinski definition) is 1. The number of fused-ring (bicyclic) bond motifs is 1. The van der Waals surface area contributed by atoms with Crippen molar-refractivity contribution in [2.24, 2.45) is 0 Å². The van der Waals surface area contributed by atoms with Crippen LogP contribution in [0.3, 0.4) is 0 Å². The smallest absolute Gasteiger partial charge is 0.249 e. The van der Waals surface area contributed by atoms with Gasteiger partial charge in [0.25, 0.3) is 0 Å². The first-order valence-corrected chi connectivity index (χ1v) is 9.59. The standard InChI is InChI=1S/C22H25N5O/c1-6-17-9-7-8-13(2)19(17)11-23-20-10-18(22-26-25-16(5)28-22)12-27-15(4)14(3)24-21(20)27/h7-10,12,23H,6,11H2,1-5H3. The van der Waals surface area contributed by atoms with Crippen LogP contribution in [0.1, 0.15) is 40.9 Å². The van der Waals surface area contributed by atoms with Gasteiger partial charge in [-0.2, -0.15) is 0 Å². The summed E-state index contributed by atoms with van der Waals surface area (Å²) < 4.78 is 7.74. The van der Waals surface area contributed by atoms with Crippen LogP contribution >= 0.6 is 0 Å². The van der Waals surface area contributed by atoms with E-state index in [9.17, 15) is 0 Å². The van der Waals surface area contributed by atoms with Gasteiger partial charge in [0, 0.05) is 25.4 Å². The van der Waals surface area contributed by atoms with Gasteiger partial charge in [0.05, 0.1) is 16.9 Å². The molecule has 0 fully saturated rings. The molecule has 0 saturated carbocycles. The minimum absolute atomic E-state index is 0.512. The molecule has 0 radical (unpaired) electrons. The zero-order valence-electron chi connectivity index (χ0n) is 17.0. The highest BCUT2D eigenvalue weighted by Crippen LogP contribution is 2.28. The van der Waals surface area contributed by atoms with Crippen molar-refractivity contribution < 1.29 is 4.42 Å². The number of benzene rings is 1. The molecule has 3 aromatic heterocycles. The quantitative estimate of drug-likeness (QED) is 0.543. The molecule has 6 heteroatoms. The third kappa shape index (κ3) is 3.15. The number of imidazole rings is 1. The zero-order chi connectivity index (χ0) is 19.8. The molecule has 1 aromatic carbocycles. The lowest BCUT2D eigenvalue weighted by molar-refractivity contribution is 0.532. The van der Waals surface area contributed by atoms with E-state index in [0.29, 0.717) is 11.8 Å². The monoisotopic (exact) mass is 375 g/mol. The molecule has 1 N–H and O–H groups in total. The van der Waals surface area contributed by atoms with E-state index in [4.69, 9.17) is 9.40 Å². The van der Waals surface area contributed by atoms with Gasteiger partial charge < -0.3 is 14.1 Å². The number of pyridine rings is 1. The van der Waals surface area contributed by atoms with E-state index in [1.165, 1.54) is 16.7 Å². The predicted octanol–water partition coefficient (Wildman–Crippen LogP) is 4.79. The molecule has 0 unspecified atom stereocenters. The summed E-state index contributed by atoms with van der Waals surface area (Å²) in [6.45, 7) is 11.0. The van der Waals surface area contributed by atoms with Crippen LogP contribution in [-0.4, -0.2) is 19.6 Å². The number of anilines is 1. The maximum atomic E-state index is 5.65. The largest absolute Gasteiger partial charge is 0.421 e. The highest BCUT2D eigenvalue weighted by Gasteiger charge is 2.15. The van der Waals surface area contributed by atoms with Gasteiger partial charge in [0.15, 0.2) is 5.65 Å². The van der Waals surface area contributed by atoms with Crippen LogP contribution in [0.4, 0.5) is 5.69 Å². The van der Waals surface area contributed by atoms with Crippen molar-refractivity contribution in [3.05, 3.63) is 64.4 Å². The SMILES string of the molecule is CCc1cccc(C)c1CNc1cc(-c2nnc(C)o2)cn2c(C)c(C)nc12. The lowest BCUT2D eigenvalue weighted by Crippen LogP contribution is -2.06. The molecule has 6 nitrogen and oxygen atoms in total. The van der Waals surface area contributed by atoms with Gasteiger partial charge in [0.2, 0.25) is 11.8 Å². The van der Waals surface area contributed by atoms with Crippen molar-refractivity contribution in [3.63, 3.8) is 0 Å². The molecule has 28 heavy (non-hydrogen) atoms. The number of hydrogen-bond acceptors (Lipinski definition) is 5. The molecule has 0 spiro atoms. The molecule has 0 amide bonds. The van der Waals surface area contributed by atoms with E-state index in [-0.39, 0.29) is 0 Å². The van der Waals surface area contributed by atoms with Crippen LogP contribution in [0.25, 0.3) is 17.1 Å². The van der Waals surface area contributed by atoms with Crippen LogP contribution in [0.2, 0.25) is 0 Å². The van der Waals surface area contributed by atoms with Gasteiger partial charge in [-0.15, -0.1) is 10.2 Å². The van der Waals surface area contributed by atoms with Crippen molar-refractivity contribution in [1.82, 2.24) is 19.6 Å². The Labute approximate surface area is 164 Å². The first-order valence-electron chi connectivity index (χ1n) is 9.59. The summed E-state index contributed by atoms with van der Waals surface area (Å²) in [6, 6.07) is 8.52. The summed E-state index contributed by atoms with van der Waals surface area (Å²) in [5.74, 6) is 1.06. The third-order valence-corrected chi connectivity index (χ3v) is 5.31. The molecule has 0 aliphatic heterocycles. The fraction of sp³-hybridized carbons (Fsp3) is 0.318. The fourth-order valence-electron chi connectivity index (χ4n) is 3.56. The van der Waals surface area contributed by atoms with Crippen LogP contribution in [0, 0.1) is 27.7 Å². The number of nitrogens with zero attached hydrogens (tertiary/aromatic N) is 4. The van der Waals surface area contributed by atoms with E-state index in [2.05, 4.69) is 58.9 Å². The van der Waals surface area contributed by atoms with Gasteiger partial charge in [0.1, 0.15) is 0 Å². The number of nitrogens with one attached hydrogen (secondary N) is 1. The van der Waals surface area contributed by atoms with Gasteiger partial charge in [-0.25, -0.2) is 4.98 Å². The van der Waals surface area contributed by atoms with Crippen LogP contribution < -0.4 is 5.32 Å². The number of aromatic nitrogens is 4. The molecule has 0 aliphatic rings. The first-order chi connectivity index (χ1) is 13.5. The van der Waals surface area contributed by atoms with Crippen LogP contribution in [0.5, 0.6) is 0 Å². The summed E-state index contributed by atoms with van der Waals surface area (Å²) in [5.41, 5.74) is 8.83. The summed E-state index contributed by atoms with van der Waals surface area (Å²) in [7, 11) is 0. The molecule has 0 saturated heterocycles. The van der Waals surface area contributed by atoms with Crippen molar-refractivity contribution >= 4 is 11.3 Å². The lowest BCUT2D eigenvalue weighted by Gasteiger charge is -2.14. The Morgan fingerprint density at radius 1 is 1.11 bits per heavy atom. The maximum Gasteiger partial charge on any atom is 0.249 e. The summed E-state index contributed by atoms with van der Waals surface area (Å²) in [5, 5.41) is 11.8. The highest BCUT2D eigenvalue weighted by atomic mass is 16.4. The Morgan fingerprint density at radius 3 is 2.64 bits per heavy atom. The van der Waals surface area contributed by atoms with E-state index in [0.717, 1.165) is 41.3 Å². The second-order valence-electron chi connectivity index (χ2n) is 7.16. The van der Waals surface area contributed by atoms with Gasteiger partial charge in [-0.05, 0) is 49.9 Å². The summed E-state index contributed by atoms with van der Waals surface area (Å²) in [4.78, 5) is 4.76. The van der Waals surface area contributed by atoms with Crippen molar-refractivity contribution in [1.29, 1.82) is 0 Å². The zero-order valence-corrected chi connectivity index (χ0v) is 17.0. The summed E-state index contributed by atoms with van der Waals surface area (Å²) >= 11 is 0. The molecule has 0 bridgehead atoms. The molecular formula is C22H25N5O. The fourth-order valence-corrected chi connectivity index (χ4v) is 3.56. The normalized spacial score (nSPS) is 11.3. The highest BCUT2D eigenvalue weighted by molar-refractivity contribution is 5.74. The van der Waals surface area contributed by atoms with Crippen LogP contribution in [0.15, 0.2) is 34.9 Å². The van der Waals surface area contributed by atoms with Crippen molar-refractivity contribution in [2.75, 3.05) is 5.32 Å². The van der Waals surface area contributed by atoms with E-state index in [1.54, 1.807) is 6.92 Å². The van der Waals surface area contributed by atoms with Crippen LogP contribution in [-0.2, 0) is 13.0 Å². The first kappa shape index (κ1) is 18.2. The Morgan fingerprint density at radius 2 is 1.93 bits per heavy atom. The molecule has 3 heterocycles. The lowest BCUT2D eigenvalue weighted by atomic mass is 10.00. The average Bonchev–Trinajstić information content (AvgIpc) is 3.24. The molecule has 0 atom stereocenters. The Hall–Kier alpha value is -3.15. The molecule has 144 valence electrons. The number of rotatable bonds is 5. The van der Waals surface area contributed by atoms with E-state index < -0.39 is 0 Å². The minimum atomic E-state index is 0.512. The third-order valence-electron chi connectivity index (χ3n) is 5.31. The van der Waals surface area contributed by atoms with Gasteiger partial charge in [-0.1, -0.05) is 25.1 Å². The van der Waals surface area contributed by atoms with Crippen molar-refractivity contribution in [2.45, 2.75) is 47.6 Å². The molecular weight excluding hydrogens is 350 g/mol. The van der Waals surface area contributed by atoms with Gasteiger partial charge in [-0.3, -0.25) is 0 Å². The molecule has 4 aromatic rings. The second kappa shape index (κ2) is 7.11. The predicted molar refractivity (Wildman–Crippen MR) is 111 cm³/mol. The van der Waals surface area contributed by atoms with E-state index in [1.807, 2.05) is 19.2 Å². The number of aryl methyl sites for hydroxylation is 5. The minimum Gasteiger partial charge on any atom is -0.421 e. The van der Waals surface area contributed by atoms with Crippen molar-refractivity contribution in [3.8, 4) is 11.5 Å². The van der Waals surface area contributed by atoms with Gasteiger partial charge >= 0.3 is 0 Å². The Bertz CT molecular complexity index is 1160. The second-order valence-corrected chi connectivity index (χ2v) is 7.16. The Balaban J connectivity index is 1.79. The van der Waals surface area contributed by atoms with E-state index >= 15 is 0 Å². The maximum absolute atomic E-state index is 5.65. The summed E-state index contributed by atoms with van der Waals surface area (Å²) in [6.07, 6.45) is 3.02.